The molecule has 0 fully saturated rings. The van der Waals surface area contributed by atoms with Gasteiger partial charge in [-0.15, -0.1) is 0 Å². The Morgan fingerprint density at radius 1 is 1.33 bits per heavy atom. The highest BCUT2D eigenvalue weighted by atomic mass is 16.5. The highest BCUT2D eigenvalue weighted by Gasteiger charge is 2.11. The van der Waals surface area contributed by atoms with Crippen LogP contribution in [0.2, 0.25) is 0 Å². The number of nitrogens with two attached hydrogens (primary N) is 1. The van der Waals surface area contributed by atoms with Crippen LogP contribution in [0.25, 0.3) is 10.9 Å². The van der Waals surface area contributed by atoms with Crippen LogP contribution in [-0.2, 0) is 4.74 Å². The van der Waals surface area contributed by atoms with E-state index in [1.54, 1.807) is 13.1 Å². The molecule has 21 heavy (non-hydrogen) atoms. The maximum absolute atomic E-state index is 12.0. The van der Waals surface area contributed by atoms with Crippen molar-refractivity contribution in [2.75, 3.05) is 25.5 Å². The number of anilines is 1. The number of primary amides is 1. The Morgan fingerprint density at radius 3 is 2.81 bits per heavy atom. The van der Waals surface area contributed by atoms with Crippen molar-refractivity contribution in [1.82, 2.24) is 10.3 Å². The minimum absolute atomic E-state index is 0.0214. The van der Waals surface area contributed by atoms with E-state index in [4.69, 9.17) is 5.73 Å². The van der Waals surface area contributed by atoms with Crippen molar-refractivity contribution in [3.8, 4) is 0 Å². The van der Waals surface area contributed by atoms with Gasteiger partial charge in [0.15, 0.2) is 0 Å². The van der Waals surface area contributed by atoms with Gasteiger partial charge in [-0.2, -0.15) is 0 Å². The fourth-order valence-corrected chi connectivity index (χ4v) is 1.91. The van der Waals surface area contributed by atoms with Gasteiger partial charge in [-0.05, 0) is 12.1 Å². The molecule has 0 aliphatic carbocycles. The number of fused-ring (bicyclic) bond motifs is 1. The van der Waals surface area contributed by atoms with Crippen molar-refractivity contribution >= 4 is 28.6 Å². The summed E-state index contributed by atoms with van der Waals surface area (Å²) in [6.45, 7) is 0.193. The van der Waals surface area contributed by atoms with Crippen molar-refractivity contribution in [3.63, 3.8) is 0 Å². The van der Waals surface area contributed by atoms with Crippen LogP contribution in [0.1, 0.15) is 10.5 Å². The van der Waals surface area contributed by atoms with E-state index >= 15 is 0 Å². The standard InChI is InChI=1S/C14H16N4O3/c1-16-11-8-12(13(19)17-6-7-21-14(15)20)18-10-5-3-2-4-9(10)11/h2-5,8H,6-7H2,1H3,(H2,15,20)(H,16,18)(H,17,19). The van der Waals surface area contributed by atoms with Gasteiger partial charge in [0.25, 0.3) is 5.91 Å². The molecule has 1 aromatic heterocycles. The lowest BCUT2D eigenvalue weighted by molar-refractivity contribution is 0.0932. The molecule has 1 aromatic carbocycles. The lowest BCUT2D eigenvalue weighted by Crippen LogP contribution is -2.29. The molecular formula is C14H16N4O3. The minimum atomic E-state index is -0.870. The van der Waals surface area contributed by atoms with Gasteiger partial charge < -0.3 is 21.1 Å². The van der Waals surface area contributed by atoms with Crippen molar-refractivity contribution in [2.24, 2.45) is 5.73 Å². The molecule has 0 aliphatic rings. The van der Waals surface area contributed by atoms with Gasteiger partial charge >= 0.3 is 6.09 Å². The number of carbonyl (C=O) groups is 2. The number of hydrogen-bond acceptors (Lipinski definition) is 5. The lowest BCUT2D eigenvalue weighted by atomic mass is 10.1. The molecule has 0 bridgehead atoms. The molecule has 2 rings (SSSR count). The number of aromatic nitrogens is 1. The number of rotatable bonds is 5. The molecule has 0 saturated heterocycles. The van der Waals surface area contributed by atoms with Crippen molar-refractivity contribution < 1.29 is 14.3 Å². The minimum Gasteiger partial charge on any atom is -0.448 e. The smallest absolute Gasteiger partial charge is 0.404 e. The highest BCUT2D eigenvalue weighted by molar-refractivity contribution is 5.99. The summed E-state index contributed by atoms with van der Waals surface area (Å²) in [5.41, 5.74) is 6.66. The quantitative estimate of drug-likeness (QED) is 0.714. The average Bonchev–Trinajstić information content (AvgIpc) is 2.50. The van der Waals surface area contributed by atoms with E-state index in [0.29, 0.717) is 0 Å². The predicted molar refractivity (Wildman–Crippen MR) is 79.2 cm³/mol. The molecule has 4 N–H and O–H groups in total. The van der Waals surface area contributed by atoms with Gasteiger partial charge in [-0.1, -0.05) is 18.2 Å². The number of para-hydroxylation sites is 1. The number of carbonyl (C=O) groups excluding carboxylic acids is 2. The zero-order chi connectivity index (χ0) is 15.2. The van der Waals surface area contributed by atoms with E-state index in [1.165, 1.54) is 0 Å². The van der Waals surface area contributed by atoms with Crippen LogP contribution in [0.5, 0.6) is 0 Å². The fraction of sp³-hybridized carbons (Fsp3) is 0.214. The van der Waals surface area contributed by atoms with E-state index < -0.39 is 6.09 Å². The van der Waals surface area contributed by atoms with Gasteiger partial charge in [0.2, 0.25) is 0 Å². The number of hydrogen-bond donors (Lipinski definition) is 3. The summed E-state index contributed by atoms with van der Waals surface area (Å²) >= 11 is 0. The Bertz CT molecular complexity index is 672. The number of nitrogens with one attached hydrogen (secondary N) is 2. The van der Waals surface area contributed by atoms with Crippen LogP contribution in [0, 0.1) is 0 Å². The Labute approximate surface area is 121 Å². The van der Waals surface area contributed by atoms with Crippen LogP contribution in [0.4, 0.5) is 10.5 Å². The summed E-state index contributed by atoms with van der Waals surface area (Å²) < 4.78 is 4.53. The predicted octanol–water partition coefficient (Wildman–Crippen LogP) is 1.10. The summed E-state index contributed by atoms with van der Waals surface area (Å²) in [6.07, 6.45) is -0.870. The summed E-state index contributed by atoms with van der Waals surface area (Å²) in [5.74, 6) is -0.342. The van der Waals surface area contributed by atoms with Crippen LogP contribution < -0.4 is 16.4 Å². The van der Waals surface area contributed by atoms with Crippen LogP contribution in [0.15, 0.2) is 30.3 Å². The zero-order valence-electron chi connectivity index (χ0n) is 11.6. The Balaban J connectivity index is 2.14. The molecule has 2 aromatic rings. The van der Waals surface area contributed by atoms with E-state index in [-0.39, 0.29) is 24.8 Å². The third kappa shape index (κ3) is 3.59. The maximum atomic E-state index is 12.0. The molecule has 0 atom stereocenters. The van der Waals surface area contributed by atoms with Crippen LogP contribution >= 0.6 is 0 Å². The molecular weight excluding hydrogens is 272 g/mol. The normalized spacial score (nSPS) is 10.1. The monoisotopic (exact) mass is 288 g/mol. The molecule has 0 aliphatic heterocycles. The van der Waals surface area contributed by atoms with Crippen molar-refractivity contribution in [2.45, 2.75) is 0 Å². The molecule has 0 unspecified atom stereocenters. The number of benzene rings is 1. The Morgan fingerprint density at radius 2 is 2.10 bits per heavy atom. The second-order valence-electron chi connectivity index (χ2n) is 4.25. The van der Waals surface area contributed by atoms with Gasteiger partial charge in [0, 0.05) is 18.1 Å². The van der Waals surface area contributed by atoms with Crippen molar-refractivity contribution in [1.29, 1.82) is 0 Å². The molecule has 7 heteroatoms. The number of nitrogens with zero attached hydrogens (tertiary/aromatic N) is 1. The second-order valence-corrected chi connectivity index (χ2v) is 4.25. The number of amides is 2. The van der Waals surface area contributed by atoms with Crippen LogP contribution in [-0.4, -0.2) is 37.2 Å². The first-order valence-electron chi connectivity index (χ1n) is 6.40. The van der Waals surface area contributed by atoms with Gasteiger partial charge in [-0.25, -0.2) is 9.78 Å². The summed E-state index contributed by atoms with van der Waals surface area (Å²) in [5, 5.41) is 6.59. The highest BCUT2D eigenvalue weighted by Crippen LogP contribution is 2.22. The third-order valence-corrected chi connectivity index (χ3v) is 2.85. The number of pyridine rings is 1. The first-order chi connectivity index (χ1) is 10.1. The Hall–Kier alpha value is -2.83. The van der Waals surface area contributed by atoms with Gasteiger partial charge in [0.1, 0.15) is 12.3 Å². The molecule has 1 heterocycles. The molecule has 110 valence electrons. The molecule has 0 spiro atoms. The van der Waals surface area contributed by atoms with Gasteiger partial charge in [-0.3, -0.25) is 4.79 Å². The summed E-state index contributed by atoms with van der Waals surface area (Å²) in [6, 6.07) is 9.20. The molecule has 7 nitrogen and oxygen atoms in total. The second kappa shape index (κ2) is 6.56. The Kier molecular flexibility index (Phi) is 4.55. The molecule has 0 saturated carbocycles. The maximum Gasteiger partial charge on any atom is 0.404 e. The molecule has 2 amide bonds. The van der Waals surface area contributed by atoms with Gasteiger partial charge in [0.05, 0.1) is 12.1 Å². The summed E-state index contributed by atoms with van der Waals surface area (Å²) in [7, 11) is 1.78. The third-order valence-electron chi connectivity index (χ3n) is 2.85. The van der Waals surface area contributed by atoms with E-state index in [2.05, 4.69) is 20.4 Å². The average molecular weight is 288 g/mol. The van der Waals surface area contributed by atoms with E-state index in [0.717, 1.165) is 16.6 Å². The first kappa shape index (κ1) is 14.6. The fourth-order valence-electron chi connectivity index (χ4n) is 1.91. The topological polar surface area (TPSA) is 106 Å². The largest absolute Gasteiger partial charge is 0.448 e. The number of ether oxygens (including phenoxy) is 1. The lowest BCUT2D eigenvalue weighted by Gasteiger charge is -2.09. The van der Waals surface area contributed by atoms with E-state index in [9.17, 15) is 9.59 Å². The summed E-state index contributed by atoms with van der Waals surface area (Å²) in [4.78, 5) is 26.8. The first-order valence-corrected chi connectivity index (χ1v) is 6.40. The van der Waals surface area contributed by atoms with Crippen molar-refractivity contribution in [3.05, 3.63) is 36.0 Å². The zero-order valence-corrected chi connectivity index (χ0v) is 11.6. The van der Waals surface area contributed by atoms with Crippen LogP contribution in [0.3, 0.4) is 0 Å². The van der Waals surface area contributed by atoms with E-state index in [1.807, 2.05) is 24.3 Å². The molecule has 0 radical (unpaired) electrons. The SMILES string of the molecule is CNc1cc(C(=O)NCCOC(N)=O)nc2ccccc12.